The molecule has 0 saturated heterocycles. The zero-order chi connectivity index (χ0) is 13.8. The van der Waals surface area contributed by atoms with Crippen molar-refractivity contribution in [2.75, 3.05) is 7.11 Å². The highest BCUT2D eigenvalue weighted by molar-refractivity contribution is 5.56. The smallest absolute Gasteiger partial charge is 0.254 e. The molecule has 0 radical (unpaired) electrons. The quantitative estimate of drug-likeness (QED) is 0.916. The van der Waals surface area contributed by atoms with Gasteiger partial charge in [-0.3, -0.25) is 4.79 Å². The second-order valence-corrected chi connectivity index (χ2v) is 4.47. The number of nitrogens with one attached hydrogen (secondary N) is 1. The van der Waals surface area contributed by atoms with Crippen LogP contribution in [0.25, 0.3) is 11.4 Å². The number of aromatic nitrogens is 2. The fraction of sp³-hybridized carbons (Fsp3) is 0.333. The fourth-order valence-corrected chi connectivity index (χ4v) is 2.14. The average Bonchev–Trinajstić information content (AvgIpc) is 2.39. The van der Waals surface area contributed by atoms with Gasteiger partial charge in [0, 0.05) is 23.9 Å². The van der Waals surface area contributed by atoms with Crippen LogP contribution in [0.15, 0.2) is 29.1 Å². The number of aromatic amines is 1. The first-order chi connectivity index (χ1) is 9.15. The molecule has 0 spiro atoms. The van der Waals surface area contributed by atoms with Gasteiger partial charge in [0.25, 0.3) is 5.56 Å². The molecule has 0 bridgehead atoms. The number of benzene rings is 1. The van der Waals surface area contributed by atoms with Gasteiger partial charge in [-0.2, -0.15) is 0 Å². The Bertz CT molecular complexity index is 632. The monoisotopic (exact) mass is 258 g/mol. The molecule has 0 atom stereocenters. The summed E-state index contributed by atoms with van der Waals surface area (Å²) < 4.78 is 5.11. The summed E-state index contributed by atoms with van der Waals surface area (Å²) in [6, 6.07) is 7.83. The predicted molar refractivity (Wildman–Crippen MR) is 75.1 cm³/mol. The Kier molecular flexibility index (Phi) is 4.12. The van der Waals surface area contributed by atoms with Crippen LogP contribution in [0.1, 0.15) is 23.7 Å². The molecule has 0 fully saturated rings. The molecular formula is C15H18N2O2. The van der Waals surface area contributed by atoms with Crippen molar-refractivity contribution in [1.82, 2.24) is 9.97 Å². The van der Waals surface area contributed by atoms with Gasteiger partial charge in [0.1, 0.15) is 5.82 Å². The molecule has 4 nitrogen and oxygen atoms in total. The predicted octanol–water partition coefficient (Wildman–Crippen LogP) is 2.45. The maximum absolute atomic E-state index is 12.0. The van der Waals surface area contributed by atoms with E-state index in [1.165, 1.54) is 0 Å². The van der Waals surface area contributed by atoms with E-state index < -0.39 is 0 Å². The Labute approximate surface area is 112 Å². The van der Waals surface area contributed by atoms with Crippen molar-refractivity contribution in [3.05, 3.63) is 51.4 Å². The molecule has 0 amide bonds. The minimum atomic E-state index is -0.0536. The largest absolute Gasteiger partial charge is 0.380 e. The molecular weight excluding hydrogens is 240 g/mol. The third-order valence-corrected chi connectivity index (χ3v) is 3.09. The van der Waals surface area contributed by atoms with Crippen molar-refractivity contribution in [3.63, 3.8) is 0 Å². The van der Waals surface area contributed by atoms with Crippen LogP contribution >= 0.6 is 0 Å². The van der Waals surface area contributed by atoms with Crippen LogP contribution in [-0.4, -0.2) is 17.1 Å². The summed E-state index contributed by atoms with van der Waals surface area (Å²) >= 11 is 0. The van der Waals surface area contributed by atoms with Crippen molar-refractivity contribution < 1.29 is 4.74 Å². The molecule has 0 aliphatic heterocycles. The molecule has 1 aromatic heterocycles. The van der Waals surface area contributed by atoms with E-state index in [9.17, 15) is 4.79 Å². The molecule has 4 heteroatoms. The van der Waals surface area contributed by atoms with Crippen molar-refractivity contribution in [2.24, 2.45) is 0 Å². The summed E-state index contributed by atoms with van der Waals surface area (Å²) in [6.07, 6.45) is 0.693. The van der Waals surface area contributed by atoms with Gasteiger partial charge in [0.2, 0.25) is 0 Å². The zero-order valence-corrected chi connectivity index (χ0v) is 11.5. The summed E-state index contributed by atoms with van der Waals surface area (Å²) in [5.41, 5.74) is 3.44. The van der Waals surface area contributed by atoms with E-state index in [0.29, 0.717) is 18.9 Å². The second kappa shape index (κ2) is 5.80. The number of hydrogen-bond acceptors (Lipinski definition) is 3. The molecule has 1 aromatic carbocycles. The maximum atomic E-state index is 12.0. The van der Waals surface area contributed by atoms with E-state index in [-0.39, 0.29) is 5.56 Å². The molecule has 0 aliphatic rings. The first-order valence-corrected chi connectivity index (χ1v) is 6.33. The van der Waals surface area contributed by atoms with Crippen LogP contribution in [0.2, 0.25) is 0 Å². The van der Waals surface area contributed by atoms with Crippen molar-refractivity contribution in [2.45, 2.75) is 26.9 Å². The molecule has 1 N–H and O–H groups in total. The van der Waals surface area contributed by atoms with Crippen molar-refractivity contribution in [3.8, 4) is 11.4 Å². The minimum Gasteiger partial charge on any atom is -0.380 e. The molecule has 1 heterocycles. The van der Waals surface area contributed by atoms with Crippen molar-refractivity contribution >= 4 is 0 Å². The van der Waals surface area contributed by atoms with Gasteiger partial charge >= 0.3 is 0 Å². The summed E-state index contributed by atoms with van der Waals surface area (Å²) in [5, 5.41) is 0. The minimum absolute atomic E-state index is 0.0536. The zero-order valence-electron chi connectivity index (χ0n) is 11.5. The van der Waals surface area contributed by atoms with Crippen LogP contribution in [-0.2, 0) is 17.8 Å². The van der Waals surface area contributed by atoms with Crippen LogP contribution in [0, 0.1) is 6.92 Å². The molecule has 0 aliphatic carbocycles. The first-order valence-electron chi connectivity index (χ1n) is 6.33. The highest BCUT2D eigenvalue weighted by Crippen LogP contribution is 2.17. The Morgan fingerprint density at radius 2 is 2.16 bits per heavy atom. The number of H-pyrrole nitrogens is 1. The number of hydrogen-bond donors (Lipinski definition) is 1. The molecule has 0 saturated carbocycles. The third-order valence-electron chi connectivity index (χ3n) is 3.09. The van der Waals surface area contributed by atoms with E-state index >= 15 is 0 Å². The Morgan fingerprint density at radius 3 is 2.79 bits per heavy atom. The van der Waals surface area contributed by atoms with Gasteiger partial charge < -0.3 is 9.72 Å². The highest BCUT2D eigenvalue weighted by Gasteiger charge is 2.08. The summed E-state index contributed by atoms with van der Waals surface area (Å²) in [5.74, 6) is 0.609. The van der Waals surface area contributed by atoms with Crippen LogP contribution in [0.5, 0.6) is 0 Å². The summed E-state index contributed by atoms with van der Waals surface area (Å²) in [7, 11) is 1.66. The lowest BCUT2D eigenvalue weighted by molar-refractivity contribution is 0.185. The normalized spacial score (nSPS) is 10.7. The van der Waals surface area contributed by atoms with Crippen molar-refractivity contribution in [1.29, 1.82) is 0 Å². The molecule has 2 rings (SSSR count). The molecule has 100 valence electrons. The highest BCUT2D eigenvalue weighted by atomic mass is 16.5. The van der Waals surface area contributed by atoms with E-state index in [2.05, 4.69) is 9.97 Å². The molecule has 2 aromatic rings. The second-order valence-electron chi connectivity index (χ2n) is 4.47. The van der Waals surface area contributed by atoms with Crippen LogP contribution < -0.4 is 5.56 Å². The number of nitrogens with zero attached hydrogens (tertiary/aromatic N) is 1. The fourth-order valence-electron chi connectivity index (χ4n) is 2.14. The van der Waals surface area contributed by atoms with Crippen LogP contribution in [0.3, 0.4) is 0 Å². The topological polar surface area (TPSA) is 55.0 Å². The lowest BCUT2D eigenvalue weighted by Gasteiger charge is -2.07. The van der Waals surface area contributed by atoms with Gasteiger partial charge in [-0.15, -0.1) is 0 Å². The van der Waals surface area contributed by atoms with Gasteiger partial charge in [0.05, 0.1) is 6.61 Å². The van der Waals surface area contributed by atoms with Gasteiger partial charge in [0.15, 0.2) is 0 Å². The van der Waals surface area contributed by atoms with Crippen LogP contribution in [0.4, 0.5) is 0 Å². The van der Waals surface area contributed by atoms with Gasteiger partial charge in [-0.1, -0.05) is 25.1 Å². The number of methoxy groups -OCH3 is 1. The summed E-state index contributed by atoms with van der Waals surface area (Å²) in [6.45, 7) is 4.37. The van der Waals surface area contributed by atoms with E-state index in [1.807, 2.05) is 38.1 Å². The molecule has 0 unspecified atom stereocenters. The number of aryl methyl sites for hydroxylation is 1. The van der Waals surface area contributed by atoms with E-state index in [4.69, 9.17) is 4.74 Å². The lowest BCUT2D eigenvalue weighted by Crippen LogP contribution is -2.16. The summed E-state index contributed by atoms with van der Waals surface area (Å²) in [4.78, 5) is 19.3. The maximum Gasteiger partial charge on any atom is 0.254 e. The Balaban J connectivity index is 2.47. The third kappa shape index (κ3) is 2.90. The van der Waals surface area contributed by atoms with Gasteiger partial charge in [-0.05, 0) is 25.0 Å². The standard InChI is InChI=1S/C15H18N2O2/c1-4-13-10(2)16-14(17-15(13)18)12-7-5-6-11(8-12)9-19-3/h5-8H,4,9H2,1-3H3,(H,16,17,18). The Morgan fingerprint density at radius 1 is 1.37 bits per heavy atom. The van der Waals surface area contributed by atoms with E-state index in [0.717, 1.165) is 22.4 Å². The van der Waals surface area contributed by atoms with E-state index in [1.54, 1.807) is 7.11 Å². The number of ether oxygens (including phenoxy) is 1. The average molecular weight is 258 g/mol. The number of rotatable bonds is 4. The SMILES string of the molecule is CCc1c(C)nc(-c2cccc(COC)c2)[nH]c1=O. The lowest BCUT2D eigenvalue weighted by atomic mass is 10.1. The van der Waals surface area contributed by atoms with Gasteiger partial charge in [-0.25, -0.2) is 4.98 Å². The first kappa shape index (κ1) is 13.5. The Hall–Kier alpha value is -1.94. The molecule has 19 heavy (non-hydrogen) atoms.